The number of carbonyl (C=O) groups is 1. The molecule has 1 aromatic rings. The van der Waals surface area contributed by atoms with E-state index in [1.165, 1.54) is 12.1 Å². The molecule has 1 atom stereocenters. The highest BCUT2D eigenvalue weighted by atomic mass is 32.1. The van der Waals surface area contributed by atoms with Crippen LogP contribution < -0.4 is 5.73 Å². The normalized spacial score (nSPS) is 12.5. The monoisotopic (exact) mass is 200 g/mol. The third kappa shape index (κ3) is 2.10. The first-order valence-electron chi connectivity index (χ1n) is 3.56. The van der Waals surface area contributed by atoms with Crippen LogP contribution in [0.15, 0.2) is 12.1 Å². The second kappa shape index (κ2) is 3.63. The maximum Gasteiger partial charge on any atom is 0.324 e. The van der Waals surface area contributed by atoms with Crippen molar-refractivity contribution in [2.24, 2.45) is 5.73 Å². The molecular weight excluding hydrogens is 192 g/mol. The average molecular weight is 200 g/mol. The predicted octanol–water partition coefficient (Wildman–Crippen LogP) is 1.19. The highest BCUT2D eigenvalue weighted by Crippen LogP contribution is 2.24. The third-order valence-electron chi connectivity index (χ3n) is 1.43. The van der Waals surface area contributed by atoms with E-state index in [-0.39, 0.29) is 10.8 Å². The van der Waals surface area contributed by atoms with Crippen LogP contribution >= 0.6 is 11.3 Å². The molecule has 0 saturated heterocycles. The molecule has 5 nitrogen and oxygen atoms in total. The Morgan fingerprint density at radius 2 is 2.31 bits per heavy atom. The van der Waals surface area contributed by atoms with Gasteiger partial charge in [0.05, 0.1) is 15.8 Å². The Balaban J connectivity index is 2.92. The molecule has 0 fully saturated rings. The van der Waals surface area contributed by atoms with Gasteiger partial charge in [-0.15, -0.1) is 0 Å². The zero-order valence-electron chi connectivity index (χ0n) is 6.89. The molecular formula is C7H8N2O3S. The van der Waals surface area contributed by atoms with E-state index in [9.17, 15) is 14.9 Å². The summed E-state index contributed by atoms with van der Waals surface area (Å²) in [6.07, 6.45) is 0. The minimum absolute atomic E-state index is 0.0380. The Kier molecular flexibility index (Phi) is 2.74. The van der Waals surface area contributed by atoms with Crippen molar-refractivity contribution >= 4 is 22.1 Å². The van der Waals surface area contributed by atoms with E-state index in [1.54, 1.807) is 6.92 Å². The summed E-state index contributed by atoms with van der Waals surface area (Å²) >= 11 is 0.849. The number of ketones is 1. The van der Waals surface area contributed by atoms with Gasteiger partial charge in [0.1, 0.15) is 0 Å². The number of hydrogen-bond acceptors (Lipinski definition) is 5. The van der Waals surface area contributed by atoms with Crippen molar-refractivity contribution in [1.82, 2.24) is 0 Å². The van der Waals surface area contributed by atoms with E-state index >= 15 is 0 Å². The molecule has 1 heterocycles. The molecule has 1 unspecified atom stereocenters. The van der Waals surface area contributed by atoms with E-state index in [4.69, 9.17) is 5.73 Å². The Labute approximate surface area is 78.3 Å². The maximum absolute atomic E-state index is 11.2. The average Bonchev–Trinajstić information content (AvgIpc) is 2.50. The molecule has 1 aromatic heterocycles. The first-order chi connectivity index (χ1) is 6.02. The van der Waals surface area contributed by atoms with Gasteiger partial charge in [-0.25, -0.2) is 0 Å². The van der Waals surface area contributed by atoms with Crippen LogP contribution in [-0.2, 0) is 0 Å². The summed E-state index contributed by atoms with van der Waals surface area (Å²) < 4.78 is 0. The van der Waals surface area contributed by atoms with Gasteiger partial charge in [-0.05, 0) is 13.0 Å². The minimum Gasteiger partial charge on any atom is -0.321 e. The summed E-state index contributed by atoms with van der Waals surface area (Å²) in [5.41, 5.74) is 5.34. The Hall–Kier alpha value is -1.27. The standard InChI is InChI=1S/C7H8N2O3S/c1-4(8)7(10)5-2-3-6(13-5)9(11)12/h2-4H,8H2,1H3. The van der Waals surface area contributed by atoms with Gasteiger partial charge in [0, 0.05) is 6.07 Å². The highest BCUT2D eigenvalue weighted by Gasteiger charge is 2.17. The van der Waals surface area contributed by atoms with Crippen molar-refractivity contribution in [3.8, 4) is 0 Å². The van der Waals surface area contributed by atoms with Crippen molar-refractivity contribution < 1.29 is 9.72 Å². The lowest BCUT2D eigenvalue weighted by atomic mass is 10.2. The lowest BCUT2D eigenvalue weighted by molar-refractivity contribution is -0.380. The molecule has 2 N–H and O–H groups in total. The van der Waals surface area contributed by atoms with Crippen molar-refractivity contribution in [2.45, 2.75) is 13.0 Å². The molecule has 0 radical (unpaired) electrons. The van der Waals surface area contributed by atoms with Crippen LogP contribution in [-0.4, -0.2) is 16.7 Å². The van der Waals surface area contributed by atoms with Gasteiger partial charge in [-0.3, -0.25) is 14.9 Å². The predicted molar refractivity (Wildman–Crippen MR) is 49.0 cm³/mol. The molecule has 0 aliphatic rings. The van der Waals surface area contributed by atoms with Gasteiger partial charge < -0.3 is 5.73 Å². The fourth-order valence-electron chi connectivity index (χ4n) is 0.783. The molecule has 1 rings (SSSR count). The summed E-state index contributed by atoms with van der Waals surface area (Å²) in [7, 11) is 0. The highest BCUT2D eigenvalue weighted by molar-refractivity contribution is 7.17. The number of nitrogens with two attached hydrogens (primary N) is 1. The van der Waals surface area contributed by atoms with Crippen molar-refractivity contribution in [2.75, 3.05) is 0 Å². The first-order valence-corrected chi connectivity index (χ1v) is 4.38. The summed E-state index contributed by atoms with van der Waals surface area (Å²) in [5, 5.41) is 10.2. The molecule has 6 heteroatoms. The lowest BCUT2D eigenvalue weighted by Crippen LogP contribution is -2.25. The number of nitro groups is 1. The molecule has 70 valence electrons. The molecule has 0 aromatic carbocycles. The number of rotatable bonds is 3. The van der Waals surface area contributed by atoms with Crippen LogP contribution in [0.1, 0.15) is 16.6 Å². The second-order valence-electron chi connectivity index (χ2n) is 2.55. The van der Waals surface area contributed by atoms with Crippen molar-refractivity contribution in [3.63, 3.8) is 0 Å². The van der Waals surface area contributed by atoms with Crippen LogP contribution in [0, 0.1) is 10.1 Å². The smallest absolute Gasteiger partial charge is 0.321 e. The van der Waals surface area contributed by atoms with E-state index < -0.39 is 11.0 Å². The number of carbonyl (C=O) groups excluding carboxylic acids is 1. The SMILES string of the molecule is CC(N)C(=O)c1ccc([N+](=O)[O-])s1. The number of thiophene rings is 1. The van der Waals surface area contributed by atoms with E-state index in [1.807, 2.05) is 0 Å². The minimum atomic E-state index is -0.613. The van der Waals surface area contributed by atoms with Gasteiger partial charge in [0.25, 0.3) is 0 Å². The molecule has 0 bridgehead atoms. The Morgan fingerprint density at radius 1 is 1.69 bits per heavy atom. The molecule has 13 heavy (non-hydrogen) atoms. The van der Waals surface area contributed by atoms with Gasteiger partial charge in [-0.2, -0.15) is 0 Å². The lowest BCUT2D eigenvalue weighted by Gasteiger charge is -1.98. The zero-order valence-corrected chi connectivity index (χ0v) is 7.71. The zero-order chi connectivity index (χ0) is 10.0. The molecule has 0 aliphatic heterocycles. The fourth-order valence-corrected chi connectivity index (χ4v) is 1.64. The Morgan fingerprint density at radius 3 is 2.69 bits per heavy atom. The number of nitrogens with zero attached hydrogens (tertiary/aromatic N) is 1. The quantitative estimate of drug-likeness (QED) is 0.451. The van der Waals surface area contributed by atoms with E-state index in [2.05, 4.69) is 0 Å². The summed E-state index contributed by atoms with van der Waals surface area (Å²) in [6.45, 7) is 1.55. The van der Waals surface area contributed by atoms with Gasteiger partial charge in [-0.1, -0.05) is 11.3 Å². The summed E-state index contributed by atoms with van der Waals surface area (Å²) in [6, 6.07) is 2.12. The Bertz CT molecular complexity index is 345. The van der Waals surface area contributed by atoms with Gasteiger partial charge in [0.2, 0.25) is 0 Å². The summed E-state index contributed by atoms with van der Waals surface area (Å²) in [4.78, 5) is 21.3. The van der Waals surface area contributed by atoms with Gasteiger partial charge in [0.15, 0.2) is 5.78 Å². The third-order valence-corrected chi connectivity index (χ3v) is 2.48. The maximum atomic E-state index is 11.2. The molecule has 0 saturated carbocycles. The fraction of sp³-hybridized carbons (Fsp3) is 0.286. The van der Waals surface area contributed by atoms with Crippen LogP contribution in [0.25, 0.3) is 0 Å². The number of Topliss-reactive ketones (excluding diaryl/α,β-unsaturated/α-hetero) is 1. The van der Waals surface area contributed by atoms with Crippen LogP contribution in [0.3, 0.4) is 0 Å². The second-order valence-corrected chi connectivity index (χ2v) is 3.61. The first kappa shape index (κ1) is 9.82. The summed E-state index contributed by atoms with van der Waals surface area (Å²) in [5.74, 6) is -0.266. The van der Waals surface area contributed by atoms with Crippen molar-refractivity contribution in [1.29, 1.82) is 0 Å². The topological polar surface area (TPSA) is 86.2 Å². The van der Waals surface area contributed by atoms with E-state index in [0.29, 0.717) is 4.88 Å². The molecule has 0 spiro atoms. The van der Waals surface area contributed by atoms with E-state index in [0.717, 1.165) is 11.3 Å². The largest absolute Gasteiger partial charge is 0.324 e. The molecule has 0 amide bonds. The number of hydrogen-bond donors (Lipinski definition) is 1. The molecule has 0 aliphatic carbocycles. The van der Waals surface area contributed by atoms with Gasteiger partial charge >= 0.3 is 5.00 Å². The van der Waals surface area contributed by atoms with Crippen molar-refractivity contribution in [3.05, 3.63) is 27.1 Å². The van der Waals surface area contributed by atoms with Crippen LogP contribution in [0.2, 0.25) is 0 Å². The van der Waals surface area contributed by atoms with Crippen LogP contribution in [0.5, 0.6) is 0 Å². The van der Waals surface area contributed by atoms with Crippen LogP contribution in [0.4, 0.5) is 5.00 Å².